The zero-order chi connectivity index (χ0) is 21.2. The van der Waals surface area contributed by atoms with E-state index in [1.165, 1.54) is 12.1 Å². The fraction of sp³-hybridized carbons (Fsp3) is 0.350. The van der Waals surface area contributed by atoms with Crippen molar-refractivity contribution in [3.8, 4) is 5.75 Å². The van der Waals surface area contributed by atoms with E-state index in [0.717, 1.165) is 12.8 Å². The zero-order valence-corrected chi connectivity index (χ0v) is 18.4. The first-order valence-corrected chi connectivity index (χ1v) is 11.5. The van der Waals surface area contributed by atoms with Gasteiger partial charge in [0.25, 0.3) is 15.9 Å². The van der Waals surface area contributed by atoms with E-state index in [9.17, 15) is 13.2 Å². The Morgan fingerprint density at radius 2 is 1.83 bits per heavy atom. The van der Waals surface area contributed by atoms with Gasteiger partial charge in [0.05, 0.1) is 22.2 Å². The molecule has 0 spiro atoms. The summed E-state index contributed by atoms with van der Waals surface area (Å²) in [6.07, 6.45) is 2.14. The number of carbonyl (C=O) groups is 1. The molecule has 9 heteroatoms. The number of anilines is 1. The van der Waals surface area contributed by atoms with Crippen LogP contribution < -0.4 is 14.8 Å². The first-order chi connectivity index (χ1) is 13.7. The number of rotatable bonds is 8. The molecule has 1 fully saturated rings. The van der Waals surface area contributed by atoms with Gasteiger partial charge in [-0.05, 0) is 69.0 Å². The fourth-order valence-electron chi connectivity index (χ4n) is 2.90. The minimum Gasteiger partial charge on any atom is -0.494 e. The molecule has 2 N–H and O–H groups in total. The number of hydrogen-bond acceptors (Lipinski definition) is 4. The Labute approximate surface area is 180 Å². The highest BCUT2D eigenvalue weighted by atomic mass is 35.5. The van der Waals surface area contributed by atoms with Gasteiger partial charge in [-0.2, -0.15) is 0 Å². The molecule has 0 aromatic heterocycles. The largest absolute Gasteiger partial charge is 0.494 e. The van der Waals surface area contributed by atoms with Gasteiger partial charge in [-0.15, -0.1) is 0 Å². The summed E-state index contributed by atoms with van der Waals surface area (Å²) >= 11 is 12.3. The molecule has 3 rings (SSSR count). The molecule has 1 aliphatic rings. The lowest BCUT2D eigenvalue weighted by molar-refractivity contribution is 0.0936. The second-order valence-corrected chi connectivity index (χ2v) is 9.39. The quantitative estimate of drug-likeness (QED) is 0.601. The molecule has 0 radical (unpaired) electrons. The highest BCUT2D eigenvalue weighted by Crippen LogP contribution is 2.33. The van der Waals surface area contributed by atoms with Crippen molar-refractivity contribution < 1.29 is 17.9 Å². The van der Waals surface area contributed by atoms with E-state index in [2.05, 4.69) is 10.0 Å². The minimum absolute atomic E-state index is 0.00344. The van der Waals surface area contributed by atoms with Crippen LogP contribution >= 0.6 is 23.2 Å². The molecule has 2 aromatic rings. The second-order valence-electron chi connectivity index (χ2n) is 6.92. The van der Waals surface area contributed by atoms with E-state index in [0.29, 0.717) is 24.0 Å². The molecule has 1 amide bonds. The second kappa shape index (κ2) is 8.81. The maximum Gasteiger partial charge on any atom is 0.263 e. The summed E-state index contributed by atoms with van der Waals surface area (Å²) in [7, 11) is -4.04. The van der Waals surface area contributed by atoms with Crippen LogP contribution in [0.5, 0.6) is 5.75 Å². The Hall–Kier alpha value is -1.96. The summed E-state index contributed by atoms with van der Waals surface area (Å²) in [5.41, 5.74) is 0.406. The summed E-state index contributed by atoms with van der Waals surface area (Å²) in [6.45, 7) is 4.29. The van der Waals surface area contributed by atoms with E-state index in [-0.39, 0.29) is 26.5 Å². The SMILES string of the molecule is CCOc1ccc(NS(=O)(=O)c2cc(C(=O)N[C@H](C)C3CC3)c(Cl)cc2Cl)cc1. The van der Waals surface area contributed by atoms with Gasteiger partial charge in [-0.3, -0.25) is 9.52 Å². The normalized spacial score (nSPS) is 14.9. The Kier molecular flexibility index (Phi) is 6.61. The van der Waals surface area contributed by atoms with Gasteiger partial charge in [0, 0.05) is 11.7 Å². The third kappa shape index (κ3) is 5.35. The molecular weight excluding hydrogens is 435 g/mol. The molecule has 29 heavy (non-hydrogen) atoms. The number of amides is 1. The van der Waals surface area contributed by atoms with Crippen molar-refractivity contribution >= 4 is 44.8 Å². The standard InChI is InChI=1S/C20H22Cl2N2O4S/c1-3-28-15-8-6-14(7-9-15)24-29(26,27)19-10-16(17(21)11-18(19)22)20(25)23-12(2)13-4-5-13/h6-13,24H,3-5H2,1-2H3,(H,23,25)/t12-/m1/s1. The molecule has 1 atom stereocenters. The van der Waals surface area contributed by atoms with Crippen LogP contribution in [0.4, 0.5) is 5.69 Å². The highest BCUT2D eigenvalue weighted by molar-refractivity contribution is 7.92. The number of hydrogen-bond donors (Lipinski definition) is 2. The molecule has 6 nitrogen and oxygen atoms in total. The molecule has 0 bridgehead atoms. The highest BCUT2D eigenvalue weighted by Gasteiger charge is 2.30. The predicted octanol–water partition coefficient (Wildman–Crippen LogP) is 4.72. The molecule has 0 heterocycles. The minimum atomic E-state index is -4.04. The van der Waals surface area contributed by atoms with Gasteiger partial charge in [-0.1, -0.05) is 23.2 Å². The van der Waals surface area contributed by atoms with Crippen molar-refractivity contribution in [2.75, 3.05) is 11.3 Å². The molecule has 2 aromatic carbocycles. The van der Waals surface area contributed by atoms with Crippen molar-refractivity contribution in [3.05, 3.63) is 52.0 Å². The average Bonchev–Trinajstić information content (AvgIpc) is 3.48. The van der Waals surface area contributed by atoms with Gasteiger partial charge in [0.15, 0.2) is 0 Å². The van der Waals surface area contributed by atoms with Crippen molar-refractivity contribution in [1.29, 1.82) is 0 Å². The number of benzene rings is 2. The van der Waals surface area contributed by atoms with E-state index >= 15 is 0 Å². The van der Waals surface area contributed by atoms with Crippen LogP contribution in [0.3, 0.4) is 0 Å². The number of carbonyl (C=O) groups excluding carboxylic acids is 1. The Balaban J connectivity index is 1.84. The van der Waals surface area contributed by atoms with Crippen LogP contribution in [0.25, 0.3) is 0 Å². The van der Waals surface area contributed by atoms with Gasteiger partial charge >= 0.3 is 0 Å². The van der Waals surface area contributed by atoms with E-state index in [1.807, 2.05) is 13.8 Å². The topological polar surface area (TPSA) is 84.5 Å². The Morgan fingerprint density at radius 1 is 1.17 bits per heavy atom. The molecule has 0 unspecified atom stereocenters. The zero-order valence-electron chi connectivity index (χ0n) is 16.0. The van der Waals surface area contributed by atoms with Crippen molar-refractivity contribution in [1.82, 2.24) is 5.32 Å². The summed E-state index contributed by atoms with van der Waals surface area (Å²) < 4.78 is 33.5. The number of nitrogens with one attached hydrogen (secondary N) is 2. The lowest BCUT2D eigenvalue weighted by atomic mass is 10.1. The van der Waals surface area contributed by atoms with Gasteiger partial charge in [-0.25, -0.2) is 8.42 Å². The average molecular weight is 457 g/mol. The molecule has 1 aliphatic carbocycles. The van der Waals surface area contributed by atoms with E-state index in [1.54, 1.807) is 24.3 Å². The lowest BCUT2D eigenvalue weighted by Crippen LogP contribution is -2.34. The van der Waals surface area contributed by atoms with E-state index < -0.39 is 15.9 Å². The number of ether oxygens (including phenoxy) is 1. The summed E-state index contributed by atoms with van der Waals surface area (Å²) in [5, 5.41) is 2.89. The van der Waals surface area contributed by atoms with Gasteiger partial charge < -0.3 is 10.1 Å². The summed E-state index contributed by atoms with van der Waals surface area (Å²) in [4.78, 5) is 12.4. The summed E-state index contributed by atoms with van der Waals surface area (Å²) in [5.74, 6) is 0.654. The first kappa shape index (κ1) is 21.7. The smallest absolute Gasteiger partial charge is 0.263 e. The van der Waals surface area contributed by atoms with Gasteiger partial charge in [0.1, 0.15) is 10.6 Å². The van der Waals surface area contributed by atoms with Crippen LogP contribution in [0.15, 0.2) is 41.3 Å². The predicted molar refractivity (Wildman–Crippen MR) is 115 cm³/mol. The summed E-state index contributed by atoms with van der Waals surface area (Å²) in [6, 6.07) is 8.94. The maximum absolute atomic E-state index is 12.9. The number of halogens is 2. The molecule has 0 saturated heterocycles. The van der Waals surface area contributed by atoms with Gasteiger partial charge in [0.2, 0.25) is 0 Å². The van der Waals surface area contributed by atoms with E-state index in [4.69, 9.17) is 27.9 Å². The maximum atomic E-state index is 12.9. The van der Waals surface area contributed by atoms with Crippen molar-refractivity contribution in [2.45, 2.75) is 37.6 Å². The third-order valence-corrected chi connectivity index (χ3v) is 6.82. The molecule has 1 saturated carbocycles. The van der Waals surface area contributed by atoms with Crippen LogP contribution in [0, 0.1) is 5.92 Å². The number of sulfonamides is 1. The third-order valence-electron chi connectivity index (χ3n) is 4.66. The van der Waals surface area contributed by atoms with Crippen molar-refractivity contribution in [3.63, 3.8) is 0 Å². The molecule has 156 valence electrons. The van der Waals surface area contributed by atoms with Crippen LogP contribution in [0.2, 0.25) is 10.0 Å². The van der Waals surface area contributed by atoms with Crippen LogP contribution in [-0.4, -0.2) is 27.0 Å². The Morgan fingerprint density at radius 3 is 2.41 bits per heavy atom. The van der Waals surface area contributed by atoms with Crippen LogP contribution in [0.1, 0.15) is 37.0 Å². The van der Waals surface area contributed by atoms with Crippen molar-refractivity contribution in [2.24, 2.45) is 5.92 Å². The lowest BCUT2D eigenvalue weighted by Gasteiger charge is -2.15. The first-order valence-electron chi connectivity index (χ1n) is 9.27. The Bertz CT molecular complexity index is 1010. The fourth-order valence-corrected chi connectivity index (χ4v) is 4.82. The molecular formula is C20H22Cl2N2O4S. The molecule has 0 aliphatic heterocycles. The monoisotopic (exact) mass is 456 g/mol. The van der Waals surface area contributed by atoms with Crippen LogP contribution in [-0.2, 0) is 10.0 Å².